The van der Waals surface area contributed by atoms with Crippen molar-refractivity contribution in [2.45, 2.75) is 0 Å². The van der Waals surface area contributed by atoms with Gasteiger partial charge in [0.15, 0.2) is 0 Å². The van der Waals surface area contributed by atoms with E-state index in [1.54, 1.807) is 6.20 Å². The molecule has 3 aromatic rings. The molecule has 3 rings (SSSR count). The summed E-state index contributed by atoms with van der Waals surface area (Å²) in [5.74, 6) is 0. The van der Waals surface area contributed by atoms with Crippen LogP contribution in [-0.2, 0) is 0 Å². The maximum atomic E-state index is 4.50. The highest BCUT2D eigenvalue weighted by atomic mass is 79.9. The fourth-order valence-corrected chi connectivity index (χ4v) is 1.96. The van der Waals surface area contributed by atoms with E-state index in [4.69, 9.17) is 0 Å². The third-order valence-corrected chi connectivity index (χ3v) is 2.81. The van der Waals surface area contributed by atoms with Crippen LogP contribution in [0, 0.1) is 0 Å². The average molecular weight is 274 g/mol. The fraction of sp³-hybridized carbons (Fsp3) is 0. The van der Waals surface area contributed by atoms with Gasteiger partial charge in [0, 0.05) is 23.1 Å². The third-order valence-electron chi connectivity index (χ3n) is 2.34. The molecule has 0 radical (unpaired) electrons. The molecule has 0 aromatic carbocycles. The molecule has 0 N–H and O–H groups in total. The molecule has 0 amide bonds. The van der Waals surface area contributed by atoms with Gasteiger partial charge < -0.3 is 4.40 Å². The van der Waals surface area contributed by atoms with Gasteiger partial charge >= 0.3 is 0 Å². The fourth-order valence-electron chi connectivity index (χ4n) is 1.60. The lowest BCUT2D eigenvalue weighted by Gasteiger charge is -1.92. The van der Waals surface area contributed by atoms with Gasteiger partial charge in [0.1, 0.15) is 11.3 Å². The summed E-state index contributed by atoms with van der Waals surface area (Å²) in [5, 5.41) is 0. The predicted octanol–water partition coefficient (Wildman–Crippen LogP) is 3.16. The van der Waals surface area contributed by atoms with Crippen LogP contribution in [0.15, 0.2) is 53.4 Å². The smallest absolute Gasteiger partial charge is 0.137 e. The van der Waals surface area contributed by atoms with E-state index in [1.165, 1.54) is 0 Å². The first-order valence-electron chi connectivity index (χ1n) is 4.88. The minimum absolute atomic E-state index is 0.888. The first-order valence-corrected chi connectivity index (χ1v) is 5.68. The number of nitrogens with zero attached hydrogens (tertiary/aromatic N) is 3. The summed E-state index contributed by atoms with van der Waals surface area (Å²) in [5.41, 5.74) is 2.70. The van der Waals surface area contributed by atoms with Crippen LogP contribution in [0.2, 0.25) is 0 Å². The van der Waals surface area contributed by atoms with Crippen molar-refractivity contribution in [1.29, 1.82) is 0 Å². The second-order valence-corrected chi connectivity index (χ2v) is 4.37. The number of rotatable bonds is 1. The topological polar surface area (TPSA) is 30.2 Å². The molecule has 3 nitrogen and oxygen atoms in total. The summed E-state index contributed by atoms with van der Waals surface area (Å²) in [6.07, 6.45) is 5.73. The maximum absolute atomic E-state index is 4.50. The van der Waals surface area contributed by atoms with E-state index in [0.29, 0.717) is 0 Å². The molecule has 0 saturated heterocycles. The molecule has 0 aliphatic heterocycles. The standard InChI is InChI=1S/C12H8BrN3/c13-9-4-5-12-15-11(8-16(12)7-9)10-3-1-2-6-14-10/h1-8H. The molecular formula is C12H8BrN3. The number of hydrogen-bond donors (Lipinski definition) is 0. The highest BCUT2D eigenvalue weighted by Crippen LogP contribution is 2.18. The Bertz CT molecular complexity index is 631. The molecule has 0 aliphatic rings. The van der Waals surface area contributed by atoms with Gasteiger partial charge in [-0.2, -0.15) is 0 Å². The molecule has 0 atom stereocenters. The van der Waals surface area contributed by atoms with Crippen molar-refractivity contribution in [3.05, 3.63) is 53.4 Å². The summed E-state index contributed by atoms with van der Waals surface area (Å²) >= 11 is 3.43. The first-order chi connectivity index (χ1) is 7.83. The van der Waals surface area contributed by atoms with Gasteiger partial charge in [0.25, 0.3) is 0 Å². The molecule has 3 aromatic heterocycles. The summed E-state index contributed by atoms with van der Waals surface area (Å²) in [6.45, 7) is 0. The van der Waals surface area contributed by atoms with E-state index in [9.17, 15) is 0 Å². The van der Waals surface area contributed by atoms with Crippen molar-refractivity contribution < 1.29 is 0 Å². The minimum atomic E-state index is 0.888. The second-order valence-electron chi connectivity index (χ2n) is 3.45. The first kappa shape index (κ1) is 9.54. The van der Waals surface area contributed by atoms with Gasteiger partial charge in [-0.05, 0) is 40.2 Å². The Morgan fingerprint density at radius 3 is 2.75 bits per heavy atom. The highest BCUT2D eigenvalue weighted by Gasteiger charge is 2.04. The molecule has 0 fully saturated rings. The molecule has 3 heterocycles. The van der Waals surface area contributed by atoms with Crippen molar-refractivity contribution in [2.75, 3.05) is 0 Å². The van der Waals surface area contributed by atoms with Crippen LogP contribution < -0.4 is 0 Å². The number of pyridine rings is 2. The Labute approximate surface area is 101 Å². The summed E-state index contributed by atoms with van der Waals surface area (Å²) in [7, 11) is 0. The molecule has 4 heteroatoms. The van der Waals surface area contributed by atoms with Crippen LogP contribution in [0.4, 0.5) is 0 Å². The average Bonchev–Trinajstić information content (AvgIpc) is 2.73. The van der Waals surface area contributed by atoms with Crippen molar-refractivity contribution in [2.24, 2.45) is 0 Å². The Morgan fingerprint density at radius 1 is 1.00 bits per heavy atom. The molecule has 0 spiro atoms. The maximum Gasteiger partial charge on any atom is 0.137 e. The largest absolute Gasteiger partial charge is 0.305 e. The number of halogens is 1. The Hall–Kier alpha value is -1.68. The number of aromatic nitrogens is 3. The van der Waals surface area contributed by atoms with Gasteiger partial charge in [-0.15, -0.1) is 0 Å². The lowest BCUT2D eigenvalue weighted by Crippen LogP contribution is -1.80. The van der Waals surface area contributed by atoms with Crippen molar-refractivity contribution >= 4 is 21.6 Å². The van der Waals surface area contributed by atoms with Crippen LogP contribution in [0.1, 0.15) is 0 Å². The molecule has 0 unspecified atom stereocenters. The number of imidazole rings is 1. The van der Waals surface area contributed by atoms with Crippen LogP contribution in [-0.4, -0.2) is 14.4 Å². The Morgan fingerprint density at radius 2 is 1.94 bits per heavy atom. The normalized spacial score (nSPS) is 10.8. The van der Waals surface area contributed by atoms with Gasteiger partial charge in [0.2, 0.25) is 0 Å². The molecule has 0 aliphatic carbocycles. The van der Waals surface area contributed by atoms with Crippen molar-refractivity contribution in [1.82, 2.24) is 14.4 Å². The quantitative estimate of drug-likeness (QED) is 0.682. The van der Waals surface area contributed by atoms with Gasteiger partial charge in [0.05, 0.1) is 5.69 Å². The van der Waals surface area contributed by atoms with Crippen LogP contribution >= 0.6 is 15.9 Å². The number of hydrogen-bond acceptors (Lipinski definition) is 2. The molecular weight excluding hydrogens is 266 g/mol. The van der Waals surface area contributed by atoms with Crippen LogP contribution in [0.3, 0.4) is 0 Å². The van der Waals surface area contributed by atoms with Crippen LogP contribution in [0.25, 0.3) is 17.0 Å². The van der Waals surface area contributed by atoms with E-state index in [-0.39, 0.29) is 0 Å². The minimum Gasteiger partial charge on any atom is -0.305 e. The molecule has 16 heavy (non-hydrogen) atoms. The third kappa shape index (κ3) is 1.61. The molecule has 0 saturated carbocycles. The lowest BCUT2D eigenvalue weighted by atomic mass is 10.3. The van der Waals surface area contributed by atoms with Gasteiger partial charge in [-0.25, -0.2) is 4.98 Å². The lowest BCUT2D eigenvalue weighted by molar-refractivity contribution is 1.17. The zero-order valence-electron chi connectivity index (χ0n) is 8.34. The van der Waals surface area contributed by atoms with Crippen LogP contribution in [0.5, 0.6) is 0 Å². The number of fused-ring (bicyclic) bond motifs is 1. The van der Waals surface area contributed by atoms with Gasteiger partial charge in [-0.1, -0.05) is 6.07 Å². The van der Waals surface area contributed by atoms with E-state index >= 15 is 0 Å². The molecule has 0 bridgehead atoms. The monoisotopic (exact) mass is 273 g/mol. The van der Waals surface area contributed by atoms with E-state index in [2.05, 4.69) is 25.9 Å². The summed E-state index contributed by atoms with van der Waals surface area (Å²) in [6, 6.07) is 9.76. The summed E-state index contributed by atoms with van der Waals surface area (Å²) < 4.78 is 3.01. The zero-order chi connectivity index (χ0) is 11.0. The highest BCUT2D eigenvalue weighted by molar-refractivity contribution is 9.10. The van der Waals surface area contributed by atoms with Crippen molar-refractivity contribution in [3.63, 3.8) is 0 Å². The summed E-state index contributed by atoms with van der Waals surface area (Å²) in [4.78, 5) is 8.78. The Balaban J connectivity index is 2.19. The molecule has 78 valence electrons. The van der Waals surface area contributed by atoms with Gasteiger partial charge in [-0.3, -0.25) is 4.98 Å². The van der Waals surface area contributed by atoms with Crippen molar-refractivity contribution in [3.8, 4) is 11.4 Å². The zero-order valence-corrected chi connectivity index (χ0v) is 9.92. The Kier molecular flexibility index (Phi) is 2.22. The second kappa shape index (κ2) is 3.72. The predicted molar refractivity (Wildman–Crippen MR) is 66.1 cm³/mol. The SMILES string of the molecule is Brc1ccc2nc(-c3ccccn3)cn2c1. The van der Waals surface area contributed by atoms with E-state index in [0.717, 1.165) is 21.5 Å². The van der Waals surface area contributed by atoms with E-state index < -0.39 is 0 Å². The van der Waals surface area contributed by atoms with E-state index in [1.807, 2.05) is 47.1 Å².